The van der Waals surface area contributed by atoms with E-state index in [9.17, 15) is 0 Å². The van der Waals surface area contributed by atoms with Gasteiger partial charge in [0.15, 0.2) is 0 Å². The van der Waals surface area contributed by atoms with Crippen molar-refractivity contribution in [3.05, 3.63) is 24.3 Å². The van der Waals surface area contributed by atoms with Crippen molar-refractivity contribution in [1.29, 1.82) is 0 Å². The van der Waals surface area contributed by atoms with Crippen LogP contribution in [0, 0.1) is 11.8 Å². The smallest absolute Gasteiger partial charge is 0.115 e. The highest BCUT2D eigenvalue weighted by Gasteiger charge is 2.39. The Morgan fingerprint density at radius 3 is 2.67 bits per heavy atom. The third kappa shape index (κ3) is 1.76. The van der Waals surface area contributed by atoms with Gasteiger partial charge in [0.25, 0.3) is 0 Å². The van der Waals surface area contributed by atoms with Crippen molar-refractivity contribution >= 4 is 0 Å². The summed E-state index contributed by atoms with van der Waals surface area (Å²) in [7, 11) is 0. The van der Waals surface area contributed by atoms with Crippen LogP contribution in [0.5, 0.6) is 0 Å². The number of hydrogen-bond acceptors (Lipinski definition) is 3. The Kier molecular flexibility index (Phi) is 2.74. The van der Waals surface area contributed by atoms with Crippen molar-refractivity contribution in [1.82, 2.24) is 9.97 Å². The fourth-order valence-electron chi connectivity index (χ4n) is 2.65. The molecule has 0 amide bonds. The van der Waals surface area contributed by atoms with E-state index in [1.807, 2.05) is 12.4 Å². The summed E-state index contributed by atoms with van der Waals surface area (Å²) in [5.74, 6) is 1.18. The van der Waals surface area contributed by atoms with Crippen molar-refractivity contribution < 1.29 is 0 Å². The first-order chi connectivity index (χ1) is 7.14. The third-order valence-electron chi connectivity index (χ3n) is 4.01. The summed E-state index contributed by atoms with van der Waals surface area (Å²) in [6.07, 6.45) is 8.82. The fraction of sp³-hybridized carbons (Fsp3) is 0.667. The monoisotopic (exact) mass is 205 g/mol. The van der Waals surface area contributed by atoms with Gasteiger partial charge >= 0.3 is 0 Å². The van der Waals surface area contributed by atoms with E-state index in [2.05, 4.69) is 23.8 Å². The van der Waals surface area contributed by atoms with Gasteiger partial charge in [-0.15, -0.1) is 0 Å². The highest BCUT2D eigenvalue weighted by molar-refractivity contribution is 5.19. The number of hydrogen-bond donors (Lipinski definition) is 1. The minimum atomic E-state index is -0.223. The molecule has 82 valence electrons. The van der Waals surface area contributed by atoms with Crippen LogP contribution >= 0.6 is 0 Å². The van der Waals surface area contributed by atoms with E-state index < -0.39 is 0 Å². The maximum atomic E-state index is 6.53. The van der Waals surface area contributed by atoms with Crippen molar-refractivity contribution in [2.24, 2.45) is 17.6 Å². The van der Waals surface area contributed by atoms with Gasteiger partial charge in [0, 0.05) is 23.5 Å². The zero-order valence-electron chi connectivity index (χ0n) is 9.48. The van der Waals surface area contributed by atoms with Crippen LogP contribution < -0.4 is 5.73 Å². The molecule has 0 saturated heterocycles. The van der Waals surface area contributed by atoms with Crippen LogP contribution in [0.15, 0.2) is 18.7 Å². The van der Waals surface area contributed by atoms with Gasteiger partial charge in [0.1, 0.15) is 6.33 Å². The maximum Gasteiger partial charge on any atom is 0.115 e. The fourth-order valence-corrected chi connectivity index (χ4v) is 2.65. The molecule has 1 aliphatic rings. The molecular weight excluding hydrogens is 186 g/mol. The summed E-state index contributed by atoms with van der Waals surface area (Å²) >= 11 is 0. The lowest BCUT2D eigenvalue weighted by molar-refractivity contribution is 0.143. The minimum absolute atomic E-state index is 0.223. The number of rotatable bonds is 1. The Balaban J connectivity index is 2.32. The molecule has 3 heteroatoms. The highest BCUT2D eigenvalue weighted by Crippen LogP contribution is 2.41. The summed E-state index contributed by atoms with van der Waals surface area (Å²) in [5, 5.41) is 0. The Bertz CT molecular complexity index is 325. The van der Waals surface area contributed by atoms with Gasteiger partial charge in [0.05, 0.1) is 0 Å². The van der Waals surface area contributed by atoms with E-state index in [0.29, 0.717) is 11.8 Å². The molecule has 1 aliphatic carbocycles. The SMILES string of the molecule is CC1CCCC(N)(c2cncnc2)C1C. The Morgan fingerprint density at radius 2 is 2.00 bits per heavy atom. The van der Waals surface area contributed by atoms with Gasteiger partial charge in [-0.05, 0) is 18.3 Å². The van der Waals surface area contributed by atoms with Gasteiger partial charge in [-0.3, -0.25) is 0 Å². The molecule has 3 atom stereocenters. The van der Waals surface area contributed by atoms with Crippen LogP contribution in [0.3, 0.4) is 0 Å². The normalized spacial score (nSPS) is 36.5. The molecule has 2 rings (SSSR count). The van der Waals surface area contributed by atoms with E-state index >= 15 is 0 Å². The predicted octanol–water partition coefficient (Wildman–Crippen LogP) is 2.09. The molecule has 0 aliphatic heterocycles. The molecule has 0 bridgehead atoms. The molecule has 3 nitrogen and oxygen atoms in total. The molecule has 0 radical (unpaired) electrons. The van der Waals surface area contributed by atoms with Crippen LogP contribution in [-0.4, -0.2) is 9.97 Å². The zero-order chi connectivity index (χ0) is 10.9. The molecule has 0 spiro atoms. The van der Waals surface area contributed by atoms with E-state index in [1.165, 1.54) is 12.8 Å². The average molecular weight is 205 g/mol. The standard InChI is InChI=1S/C12H19N3/c1-9-4-3-5-12(13,10(9)2)11-6-14-8-15-7-11/h6-10H,3-5,13H2,1-2H3. The lowest BCUT2D eigenvalue weighted by atomic mass is 9.66. The van der Waals surface area contributed by atoms with Crippen molar-refractivity contribution in [2.45, 2.75) is 38.6 Å². The van der Waals surface area contributed by atoms with Crippen LogP contribution in [0.1, 0.15) is 38.7 Å². The first-order valence-electron chi connectivity index (χ1n) is 5.69. The van der Waals surface area contributed by atoms with E-state index in [0.717, 1.165) is 12.0 Å². The van der Waals surface area contributed by atoms with E-state index in [4.69, 9.17) is 5.73 Å². The van der Waals surface area contributed by atoms with E-state index in [-0.39, 0.29) is 5.54 Å². The first kappa shape index (κ1) is 10.6. The third-order valence-corrected chi connectivity index (χ3v) is 4.01. The van der Waals surface area contributed by atoms with Gasteiger partial charge < -0.3 is 5.73 Å². The number of aromatic nitrogens is 2. The van der Waals surface area contributed by atoms with Crippen molar-refractivity contribution in [3.8, 4) is 0 Å². The second kappa shape index (κ2) is 3.89. The van der Waals surface area contributed by atoms with Crippen molar-refractivity contribution in [3.63, 3.8) is 0 Å². The summed E-state index contributed by atoms with van der Waals surface area (Å²) in [6.45, 7) is 4.53. The predicted molar refractivity (Wildman–Crippen MR) is 60.1 cm³/mol. The Hall–Kier alpha value is -0.960. The molecule has 2 N–H and O–H groups in total. The van der Waals surface area contributed by atoms with Crippen LogP contribution in [0.25, 0.3) is 0 Å². The van der Waals surface area contributed by atoms with Crippen LogP contribution in [0.4, 0.5) is 0 Å². The molecule has 15 heavy (non-hydrogen) atoms. The van der Waals surface area contributed by atoms with E-state index in [1.54, 1.807) is 6.33 Å². The quantitative estimate of drug-likeness (QED) is 0.763. The Labute approximate surface area is 91.1 Å². The molecule has 1 aromatic rings. The highest BCUT2D eigenvalue weighted by atomic mass is 14.8. The van der Waals surface area contributed by atoms with Gasteiger partial charge in [-0.25, -0.2) is 9.97 Å². The van der Waals surface area contributed by atoms with Crippen LogP contribution in [-0.2, 0) is 5.54 Å². The minimum Gasteiger partial charge on any atom is -0.321 e. The second-order valence-corrected chi connectivity index (χ2v) is 4.83. The molecule has 0 aromatic carbocycles. The number of nitrogens with two attached hydrogens (primary N) is 1. The molecule has 1 saturated carbocycles. The topological polar surface area (TPSA) is 51.8 Å². The van der Waals surface area contributed by atoms with Crippen LogP contribution in [0.2, 0.25) is 0 Å². The van der Waals surface area contributed by atoms with Gasteiger partial charge in [-0.1, -0.05) is 26.7 Å². The second-order valence-electron chi connectivity index (χ2n) is 4.83. The largest absolute Gasteiger partial charge is 0.321 e. The molecule has 1 heterocycles. The summed E-state index contributed by atoms with van der Waals surface area (Å²) in [4.78, 5) is 8.15. The average Bonchev–Trinajstić information content (AvgIpc) is 2.27. The Morgan fingerprint density at radius 1 is 1.33 bits per heavy atom. The van der Waals surface area contributed by atoms with Gasteiger partial charge in [0.2, 0.25) is 0 Å². The molecular formula is C12H19N3. The lowest BCUT2D eigenvalue weighted by Gasteiger charge is -2.43. The zero-order valence-corrected chi connectivity index (χ0v) is 9.48. The van der Waals surface area contributed by atoms with Gasteiger partial charge in [-0.2, -0.15) is 0 Å². The maximum absolute atomic E-state index is 6.53. The summed E-state index contributed by atoms with van der Waals surface area (Å²) in [5.41, 5.74) is 7.40. The lowest BCUT2D eigenvalue weighted by Crippen LogP contribution is -2.48. The molecule has 3 unspecified atom stereocenters. The summed E-state index contributed by atoms with van der Waals surface area (Å²) in [6, 6.07) is 0. The molecule has 1 fully saturated rings. The summed E-state index contributed by atoms with van der Waals surface area (Å²) < 4.78 is 0. The molecule has 1 aromatic heterocycles. The van der Waals surface area contributed by atoms with Crippen molar-refractivity contribution in [2.75, 3.05) is 0 Å². The number of nitrogens with zero attached hydrogens (tertiary/aromatic N) is 2. The first-order valence-corrected chi connectivity index (χ1v) is 5.69.